The van der Waals surface area contributed by atoms with Gasteiger partial charge in [-0.15, -0.1) is 0 Å². The molecule has 0 heterocycles. The molecule has 0 aliphatic rings. The fraction of sp³-hybridized carbons (Fsp3) is 0.967. The van der Waals surface area contributed by atoms with Crippen molar-refractivity contribution >= 4 is 6.09 Å². The van der Waals surface area contributed by atoms with E-state index in [0.29, 0.717) is 145 Å². The van der Waals surface area contributed by atoms with Crippen LogP contribution in [0.5, 0.6) is 0 Å². The summed E-state index contributed by atoms with van der Waals surface area (Å²) in [5.74, 6) is 0. The minimum absolute atomic E-state index is 0.110. The van der Waals surface area contributed by atoms with E-state index in [2.05, 4.69) is 0 Å². The number of carbonyl (C=O) groups is 1. The first-order valence-electron chi connectivity index (χ1n) is 15.7. The average Bonchev–Trinajstić information content (AvgIpc) is 3.00. The van der Waals surface area contributed by atoms with Gasteiger partial charge in [-0.2, -0.15) is 0 Å². The van der Waals surface area contributed by atoms with Gasteiger partial charge >= 0.3 is 6.09 Å². The summed E-state index contributed by atoms with van der Waals surface area (Å²) < 4.78 is 76.3. The van der Waals surface area contributed by atoms with E-state index in [9.17, 15) is 9.18 Å². The summed E-state index contributed by atoms with van der Waals surface area (Å²) in [4.78, 5) is 13.3. The van der Waals surface area contributed by atoms with Crippen molar-refractivity contribution < 1.29 is 66.0 Å². The summed E-state index contributed by atoms with van der Waals surface area (Å²) in [6, 6.07) is 0. The van der Waals surface area contributed by atoms with Crippen molar-refractivity contribution in [3.05, 3.63) is 0 Å². The maximum Gasteiger partial charge on any atom is 0.410 e. The molecule has 15 heteroatoms. The van der Waals surface area contributed by atoms with Crippen LogP contribution in [-0.4, -0.2) is 182 Å². The molecule has 0 unspecified atom stereocenters. The molecule has 0 radical (unpaired) electrons. The summed E-state index contributed by atoms with van der Waals surface area (Å²) >= 11 is 0. The van der Waals surface area contributed by atoms with Crippen LogP contribution in [-0.2, 0) is 56.8 Å². The third-order valence-electron chi connectivity index (χ3n) is 5.22. The Morgan fingerprint density at radius 3 is 0.889 bits per heavy atom. The van der Waals surface area contributed by atoms with E-state index in [4.69, 9.17) is 56.8 Å². The smallest absolute Gasteiger partial charge is 0.410 e. The van der Waals surface area contributed by atoms with Crippen LogP contribution in [0.4, 0.5) is 9.18 Å². The topological polar surface area (TPSA) is 131 Å². The molecule has 0 saturated carbocycles. The van der Waals surface area contributed by atoms with Crippen molar-refractivity contribution in [3.63, 3.8) is 0 Å². The van der Waals surface area contributed by atoms with Crippen LogP contribution in [0.2, 0.25) is 0 Å². The second-order valence-corrected chi connectivity index (χ2v) is 10.3. The van der Waals surface area contributed by atoms with E-state index in [1.807, 2.05) is 20.8 Å². The van der Waals surface area contributed by atoms with E-state index in [1.54, 1.807) is 7.05 Å². The zero-order valence-electron chi connectivity index (χ0n) is 28.1. The monoisotopic (exact) mass is 661 g/mol. The highest BCUT2D eigenvalue weighted by Crippen LogP contribution is 2.08. The van der Waals surface area contributed by atoms with E-state index >= 15 is 0 Å². The predicted molar refractivity (Wildman–Crippen MR) is 164 cm³/mol. The molecule has 45 heavy (non-hydrogen) atoms. The number of hydrogen-bond donors (Lipinski definition) is 0. The minimum atomic E-state index is -0.512. The van der Waals surface area contributed by atoms with Crippen LogP contribution in [0.25, 0.3) is 0 Å². The van der Waals surface area contributed by atoms with Crippen molar-refractivity contribution in [2.75, 3.05) is 166 Å². The van der Waals surface area contributed by atoms with Gasteiger partial charge in [0.25, 0.3) is 0 Å². The SMILES string of the molecule is CN(CCOCCOCCOCCOCCOCCOCCOCCOCCOCCOCCOCCF)C(=O)OC(C)(C)C. The van der Waals surface area contributed by atoms with Crippen molar-refractivity contribution in [3.8, 4) is 0 Å². The van der Waals surface area contributed by atoms with Gasteiger partial charge in [-0.1, -0.05) is 0 Å². The van der Waals surface area contributed by atoms with Crippen LogP contribution in [0.15, 0.2) is 0 Å². The molecular weight excluding hydrogens is 601 g/mol. The van der Waals surface area contributed by atoms with Gasteiger partial charge in [0.05, 0.1) is 145 Å². The minimum Gasteiger partial charge on any atom is -0.444 e. The lowest BCUT2D eigenvalue weighted by Crippen LogP contribution is -2.36. The Hall–Kier alpha value is -1.24. The molecule has 0 aliphatic heterocycles. The molecule has 0 aromatic rings. The number of halogens is 1. The highest BCUT2D eigenvalue weighted by atomic mass is 19.1. The maximum atomic E-state index is 11.8. The molecule has 14 nitrogen and oxygen atoms in total. The number of hydrogen-bond acceptors (Lipinski definition) is 13. The van der Waals surface area contributed by atoms with Gasteiger partial charge in [0.15, 0.2) is 0 Å². The predicted octanol–water partition coefficient (Wildman–Crippen LogP) is 2.01. The second-order valence-electron chi connectivity index (χ2n) is 10.3. The fourth-order valence-electron chi connectivity index (χ4n) is 2.99. The van der Waals surface area contributed by atoms with E-state index < -0.39 is 12.3 Å². The lowest BCUT2D eigenvalue weighted by Gasteiger charge is -2.24. The number of carbonyl (C=O) groups excluding carboxylic acids is 1. The summed E-state index contributed by atoms with van der Waals surface area (Å²) in [7, 11) is 1.68. The molecular formula is C30H60FNO13. The van der Waals surface area contributed by atoms with Crippen LogP contribution in [0, 0.1) is 0 Å². The largest absolute Gasteiger partial charge is 0.444 e. The quantitative estimate of drug-likeness (QED) is 0.0919. The average molecular weight is 662 g/mol. The molecule has 0 atom stereocenters. The second kappa shape index (κ2) is 34.1. The standard InChI is InChI=1S/C30H60FNO13/c1-30(2,3)45-29(33)32(4)6-8-35-10-12-37-14-16-39-18-20-41-22-24-43-26-28-44-27-25-42-23-21-40-19-17-38-15-13-36-11-9-34-7-5-31/h5-28H2,1-4H3. The normalized spacial score (nSPS) is 11.8. The highest BCUT2D eigenvalue weighted by molar-refractivity contribution is 5.67. The van der Waals surface area contributed by atoms with Crippen molar-refractivity contribution in [1.29, 1.82) is 0 Å². The molecule has 0 bridgehead atoms. The first kappa shape index (κ1) is 43.8. The van der Waals surface area contributed by atoms with Crippen molar-refractivity contribution in [2.24, 2.45) is 0 Å². The number of amides is 1. The molecule has 0 N–H and O–H groups in total. The zero-order valence-corrected chi connectivity index (χ0v) is 28.1. The highest BCUT2D eigenvalue weighted by Gasteiger charge is 2.19. The van der Waals surface area contributed by atoms with Crippen LogP contribution in [0.1, 0.15) is 20.8 Å². The fourth-order valence-corrected chi connectivity index (χ4v) is 2.99. The third-order valence-corrected chi connectivity index (χ3v) is 5.22. The first-order chi connectivity index (χ1) is 21.9. The molecule has 1 amide bonds. The van der Waals surface area contributed by atoms with Gasteiger partial charge < -0.3 is 61.7 Å². The Balaban J connectivity index is 3.14. The molecule has 0 rings (SSSR count). The van der Waals surface area contributed by atoms with Crippen LogP contribution >= 0.6 is 0 Å². The third kappa shape index (κ3) is 37.1. The first-order valence-corrected chi connectivity index (χ1v) is 15.7. The van der Waals surface area contributed by atoms with Crippen LogP contribution < -0.4 is 0 Å². The Morgan fingerprint density at radius 2 is 0.667 bits per heavy atom. The van der Waals surface area contributed by atoms with Crippen molar-refractivity contribution in [2.45, 2.75) is 26.4 Å². The zero-order chi connectivity index (χ0) is 33.1. The number of alkyl halides is 1. The van der Waals surface area contributed by atoms with Gasteiger partial charge in [0, 0.05) is 13.6 Å². The van der Waals surface area contributed by atoms with E-state index in [1.165, 1.54) is 4.90 Å². The number of ether oxygens (including phenoxy) is 12. The Bertz CT molecular complexity index is 617. The van der Waals surface area contributed by atoms with Gasteiger partial charge in [-0.25, -0.2) is 9.18 Å². The summed E-state index contributed by atoms with van der Waals surface area (Å²) in [6.07, 6.45) is -0.367. The summed E-state index contributed by atoms with van der Waals surface area (Å²) in [5, 5.41) is 0. The Kier molecular flexibility index (Phi) is 33.2. The van der Waals surface area contributed by atoms with Gasteiger partial charge in [0.2, 0.25) is 0 Å². The molecule has 0 saturated heterocycles. The van der Waals surface area contributed by atoms with Crippen molar-refractivity contribution in [1.82, 2.24) is 4.90 Å². The Morgan fingerprint density at radius 1 is 0.444 bits per heavy atom. The molecule has 0 fully saturated rings. The summed E-state index contributed by atoms with van der Waals surface area (Å²) in [5.41, 5.74) is -0.512. The van der Waals surface area contributed by atoms with Gasteiger partial charge in [-0.05, 0) is 20.8 Å². The number of nitrogens with zero attached hydrogens (tertiary/aromatic N) is 1. The van der Waals surface area contributed by atoms with Gasteiger partial charge in [0.1, 0.15) is 12.3 Å². The lowest BCUT2D eigenvalue weighted by molar-refractivity contribution is -0.0278. The molecule has 0 spiro atoms. The van der Waals surface area contributed by atoms with Gasteiger partial charge in [-0.3, -0.25) is 0 Å². The van der Waals surface area contributed by atoms with E-state index in [0.717, 1.165) is 0 Å². The molecule has 270 valence electrons. The molecule has 0 aromatic carbocycles. The lowest BCUT2D eigenvalue weighted by atomic mass is 10.2. The molecule has 0 aromatic heterocycles. The molecule has 0 aliphatic carbocycles. The Labute approximate surface area is 269 Å². The summed E-state index contributed by atoms with van der Waals surface area (Å²) in [6.45, 7) is 15.4. The number of likely N-dealkylation sites (N-methyl/N-ethyl adjacent to an activating group) is 1. The van der Waals surface area contributed by atoms with E-state index in [-0.39, 0.29) is 12.7 Å². The maximum absolute atomic E-state index is 11.8. The van der Waals surface area contributed by atoms with Crippen LogP contribution in [0.3, 0.4) is 0 Å². The number of rotatable bonds is 35.